The molecule has 0 aliphatic rings. The second-order valence-electron chi connectivity index (χ2n) is 6.46. The van der Waals surface area contributed by atoms with Crippen molar-refractivity contribution in [2.45, 2.75) is 26.3 Å². The van der Waals surface area contributed by atoms with Crippen LogP contribution in [-0.4, -0.2) is 11.4 Å². The molecule has 0 unspecified atom stereocenters. The van der Waals surface area contributed by atoms with Crippen molar-refractivity contribution >= 4 is 11.6 Å². The van der Waals surface area contributed by atoms with E-state index in [1.165, 1.54) is 6.20 Å². The van der Waals surface area contributed by atoms with Gasteiger partial charge in [0.1, 0.15) is 23.1 Å². The first-order valence-electron chi connectivity index (χ1n) is 7.90. The molecule has 0 fully saturated rings. The minimum absolute atomic E-state index is 0.0135. The fourth-order valence-corrected chi connectivity index (χ4v) is 1.87. The van der Waals surface area contributed by atoms with Crippen LogP contribution in [0.15, 0.2) is 66.4 Å². The van der Waals surface area contributed by atoms with Gasteiger partial charge in [-0.15, -0.1) is 0 Å². The van der Waals surface area contributed by atoms with E-state index in [1.54, 1.807) is 24.3 Å². The summed E-state index contributed by atoms with van der Waals surface area (Å²) in [5.74, 6) is 0.938. The molecular weight excluding hydrogens is 314 g/mol. The molecule has 2 aromatic carbocycles. The molecule has 0 radical (unpaired) electrons. The average Bonchev–Trinajstić information content (AvgIpc) is 2.57. The lowest BCUT2D eigenvalue weighted by atomic mass is 10.1. The third-order valence-corrected chi connectivity index (χ3v) is 3.11. The van der Waals surface area contributed by atoms with Crippen LogP contribution < -0.4 is 15.4 Å². The Kier molecular flexibility index (Phi) is 5.80. The van der Waals surface area contributed by atoms with Crippen molar-refractivity contribution in [3.05, 3.63) is 66.4 Å². The monoisotopic (exact) mass is 335 g/mol. The summed E-state index contributed by atoms with van der Waals surface area (Å²) < 4.78 is 5.70. The van der Waals surface area contributed by atoms with Gasteiger partial charge >= 0.3 is 0 Å². The van der Waals surface area contributed by atoms with Crippen molar-refractivity contribution in [3.63, 3.8) is 0 Å². The molecular formula is C20H21N3O2. The van der Waals surface area contributed by atoms with Gasteiger partial charge in [-0.05, 0) is 57.2 Å². The molecule has 2 aromatic rings. The summed E-state index contributed by atoms with van der Waals surface area (Å²) in [6.07, 6.45) is 1.43. The standard InChI is InChI=1S/C20H21N3O2/c1-20(2,3)22-14-15(13-21)19(24)23-16-9-11-18(12-10-16)25-17-7-5-4-6-8-17/h4-12,14,22H,1-3H3,(H,23,24)/b15-14-. The summed E-state index contributed by atoms with van der Waals surface area (Å²) in [6, 6.07) is 18.3. The number of nitrogens with zero attached hydrogens (tertiary/aromatic N) is 1. The molecule has 1 amide bonds. The largest absolute Gasteiger partial charge is 0.457 e. The molecule has 0 spiro atoms. The Morgan fingerprint density at radius 2 is 1.64 bits per heavy atom. The Morgan fingerprint density at radius 1 is 1.04 bits per heavy atom. The van der Waals surface area contributed by atoms with Crippen LogP contribution in [0, 0.1) is 11.3 Å². The summed E-state index contributed by atoms with van der Waals surface area (Å²) in [7, 11) is 0. The maximum atomic E-state index is 12.2. The maximum absolute atomic E-state index is 12.2. The number of amides is 1. The molecule has 0 aromatic heterocycles. The van der Waals surface area contributed by atoms with Crippen LogP contribution in [0.1, 0.15) is 20.8 Å². The molecule has 0 aliphatic carbocycles. The Balaban J connectivity index is 2.00. The van der Waals surface area contributed by atoms with Crippen molar-refractivity contribution in [2.24, 2.45) is 0 Å². The predicted octanol–water partition coefficient (Wildman–Crippen LogP) is 4.21. The van der Waals surface area contributed by atoms with E-state index in [9.17, 15) is 4.79 Å². The maximum Gasteiger partial charge on any atom is 0.267 e. The van der Waals surface area contributed by atoms with E-state index in [4.69, 9.17) is 10.00 Å². The number of anilines is 1. The Bertz CT molecular complexity index is 782. The molecule has 2 rings (SSSR count). The highest BCUT2D eigenvalue weighted by Crippen LogP contribution is 2.22. The Morgan fingerprint density at radius 3 is 2.20 bits per heavy atom. The number of carbonyl (C=O) groups excluding carboxylic acids is 1. The molecule has 5 nitrogen and oxygen atoms in total. The van der Waals surface area contributed by atoms with Crippen molar-refractivity contribution in [2.75, 3.05) is 5.32 Å². The van der Waals surface area contributed by atoms with E-state index in [0.717, 1.165) is 5.75 Å². The van der Waals surface area contributed by atoms with Gasteiger partial charge in [0.15, 0.2) is 0 Å². The van der Waals surface area contributed by atoms with Gasteiger partial charge in [0.25, 0.3) is 5.91 Å². The fraction of sp³-hybridized carbons (Fsp3) is 0.200. The van der Waals surface area contributed by atoms with Crippen LogP contribution in [0.2, 0.25) is 0 Å². The molecule has 25 heavy (non-hydrogen) atoms. The second kappa shape index (κ2) is 8.02. The summed E-state index contributed by atoms with van der Waals surface area (Å²) in [4.78, 5) is 12.2. The highest BCUT2D eigenvalue weighted by molar-refractivity contribution is 6.06. The predicted molar refractivity (Wildman–Crippen MR) is 98.2 cm³/mol. The molecule has 128 valence electrons. The number of ether oxygens (including phenoxy) is 1. The molecule has 0 bridgehead atoms. The molecule has 0 atom stereocenters. The van der Waals surface area contributed by atoms with Gasteiger partial charge in [-0.2, -0.15) is 5.26 Å². The third kappa shape index (κ3) is 6.04. The van der Waals surface area contributed by atoms with Crippen LogP contribution in [0.25, 0.3) is 0 Å². The van der Waals surface area contributed by atoms with Crippen molar-refractivity contribution in [3.8, 4) is 17.6 Å². The van der Waals surface area contributed by atoms with Crippen LogP contribution in [-0.2, 0) is 4.79 Å². The van der Waals surface area contributed by atoms with Crippen molar-refractivity contribution < 1.29 is 9.53 Å². The summed E-state index contributed by atoms with van der Waals surface area (Å²) in [5.41, 5.74) is 0.376. The Labute approximate surface area is 147 Å². The van der Waals surface area contributed by atoms with Crippen LogP contribution >= 0.6 is 0 Å². The molecule has 0 aliphatic heterocycles. The molecule has 2 N–H and O–H groups in total. The normalized spacial score (nSPS) is 11.4. The SMILES string of the molecule is CC(C)(C)N/C=C(/C#N)C(=O)Nc1ccc(Oc2ccccc2)cc1. The lowest BCUT2D eigenvalue weighted by Crippen LogP contribution is -2.32. The number of benzene rings is 2. The highest BCUT2D eigenvalue weighted by atomic mass is 16.5. The number of para-hydroxylation sites is 1. The molecule has 0 heterocycles. The van der Waals surface area contributed by atoms with Crippen LogP contribution in [0.4, 0.5) is 5.69 Å². The number of hydrogen-bond acceptors (Lipinski definition) is 4. The lowest BCUT2D eigenvalue weighted by Gasteiger charge is -2.18. The second-order valence-corrected chi connectivity index (χ2v) is 6.46. The number of hydrogen-bond donors (Lipinski definition) is 2. The summed E-state index contributed by atoms with van der Waals surface area (Å²) >= 11 is 0. The van der Waals surface area contributed by atoms with Gasteiger partial charge in [-0.25, -0.2) is 0 Å². The van der Waals surface area contributed by atoms with E-state index in [2.05, 4.69) is 10.6 Å². The van der Waals surface area contributed by atoms with E-state index in [0.29, 0.717) is 11.4 Å². The number of nitrogens with one attached hydrogen (secondary N) is 2. The van der Waals surface area contributed by atoms with Gasteiger partial charge in [-0.3, -0.25) is 4.79 Å². The average molecular weight is 335 g/mol. The van der Waals surface area contributed by atoms with Crippen LogP contribution in [0.3, 0.4) is 0 Å². The van der Waals surface area contributed by atoms with E-state index < -0.39 is 5.91 Å². The van der Waals surface area contributed by atoms with Gasteiger partial charge in [0.05, 0.1) is 0 Å². The summed E-state index contributed by atoms with van der Waals surface area (Å²) in [6.45, 7) is 5.84. The lowest BCUT2D eigenvalue weighted by molar-refractivity contribution is -0.112. The zero-order valence-electron chi connectivity index (χ0n) is 14.5. The van der Waals surface area contributed by atoms with Crippen LogP contribution in [0.5, 0.6) is 11.5 Å². The Hall–Kier alpha value is -3.26. The third-order valence-electron chi connectivity index (χ3n) is 3.11. The molecule has 0 saturated carbocycles. The summed E-state index contributed by atoms with van der Waals surface area (Å²) in [5, 5.41) is 14.8. The van der Waals surface area contributed by atoms with Gasteiger partial charge < -0.3 is 15.4 Å². The van der Waals surface area contributed by atoms with E-state index in [1.807, 2.05) is 57.2 Å². The number of nitriles is 1. The van der Waals surface area contributed by atoms with Crippen molar-refractivity contribution in [1.82, 2.24) is 5.32 Å². The topological polar surface area (TPSA) is 74.2 Å². The molecule has 0 saturated heterocycles. The zero-order valence-corrected chi connectivity index (χ0v) is 14.5. The first kappa shape index (κ1) is 18.1. The van der Waals surface area contributed by atoms with Gasteiger partial charge in [0.2, 0.25) is 0 Å². The first-order chi connectivity index (χ1) is 11.9. The number of carbonyl (C=O) groups is 1. The van der Waals surface area contributed by atoms with Gasteiger partial charge in [0, 0.05) is 17.4 Å². The van der Waals surface area contributed by atoms with E-state index >= 15 is 0 Å². The van der Waals surface area contributed by atoms with Crippen molar-refractivity contribution in [1.29, 1.82) is 5.26 Å². The minimum atomic E-state index is -0.462. The fourth-order valence-electron chi connectivity index (χ4n) is 1.87. The zero-order chi connectivity index (χ0) is 18.3. The smallest absolute Gasteiger partial charge is 0.267 e. The highest BCUT2D eigenvalue weighted by Gasteiger charge is 2.12. The van der Waals surface area contributed by atoms with E-state index in [-0.39, 0.29) is 11.1 Å². The first-order valence-corrected chi connectivity index (χ1v) is 7.90. The quantitative estimate of drug-likeness (QED) is 0.634. The number of rotatable bonds is 5. The minimum Gasteiger partial charge on any atom is -0.457 e. The van der Waals surface area contributed by atoms with Gasteiger partial charge in [-0.1, -0.05) is 18.2 Å². The molecule has 5 heteroatoms.